The van der Waals surface area contributed by atoms with Crippen LogP contribution in [0.1, 0.15) is 80.2 Å². The van der Waals surface area contributed by atoms with Crippen molar-refractivity contribution in [3.05, 3.63) is 94.5 Å². The van der Waals surface area contributed by atoms with E-state index in [4.69, 9.17) is 5.11 Å². The van der Waals surface area contributed by atoms with E-state index in [0.717, 1.165) is 37.3 Å². The minimum atomic E-state index is -4.78. The fourth-order valence-corrected chi connectivity index (χ4v) is 5.84. The lowest BCUT2D eigenvalue weighted by Crippen LogP contribution is -2.38. The number of hydrogen-bond donors (Lipinski definition) is 3. The van der Waals surface area contributed by atoms with Crippen molar-refractivity contribution < 1.29 is 46.6 Å². The molecule has 0 radical (unpaired) electrons. The van der Waals surface area contributed by atoms with Gasteiger partial charge in [0.2, 0.25) is 6.17 Å². The molecule has 1 aliphatic carbocycles. The van der Waals surface area contributed by atoms with Crippen LogP contribution in [0.3, 0.4) is 0 Å². The number of hydrogen-bond acceptors (Lipinski definition) is 5. The summed E-state index contributed by atoms with van der Waals surface area (Å²) in [6.07, 6.45) is -1.40. The average molecular weight is 669 g/mol. The Morgan fingerprint density at radius 1 is 0.896 bits per heavy atom. The van der Waals surface area contributed by atoms with Crippen molar-refractivity contribution in [3.63, 3.8) is 0 Å². The Kier molecular flexibility index (Phi) is 10.1. The van der Waals surface area contributed by atoms with Gasteiger partial charge in [0.25, 0.3) is 17.7 Å². The van der Waals surface area contributed by atoms with Gasteiger partial charge in [-0.05, 0) is 72.4 Å². The fourth-order valence-electron chi connectivity index (χ4n) is 5.84. The van der Waals surface area contributed by atoms with Gasteiger partial charge in [-0.3, -0.25) is 24.2 Å². The summed E-state index contributed by atoms with van der Waals surface area (Å²) in [7, 11) is 0. The first-order chi connectivity index (χ1) is 22.8. The normalized spacial score (nSPS) is 15.5. The van der Waals surface area contributed by atoms with Crippen molar-refractivity contribution in [1.82, 2.24) is 10.2 Å². The molecule has 1 atom stereocenters. The van der Waals surface area contributed by atoms with E-state index in [0.29, 0.717) is 17.2 Å². The molecule has 5 amide bonds. The summed E-state index contributed by atoms with van der Waals surface area (Å²) in [6.45, 7) is -2.43. The van der Waals surface area contributed by atoms with Gasteiger partial charge in [0.15, 0.2) is 0 Å². The molecule has 1 fully saturated rings. The standard InChI is InChI=1S/C34H32F4N4O6/c35-28(32(46)47)17-39-29(43)23-8-6-20(7-9-23)18-41(25-13-10-22(11-14-25)21-4-2-1-3-5-21)33(48)40-24-12-15-26-27(16-24)31(45)42(30(26)44)19-34(36,37)38/h6-16,21,28H,1-5,17-19H2,(H,39,43)(H,40,48)(H,46,47). The first kappa shape index (κ1) is 34.1. The maximum Gasteiger partial charge on any atom is 0.406 e. The smallest absolute Gasteiger partial charge is 0.406 e. The monoisotopic (exact) mass is 668 g/mol. The highest BCUT2D eigenvalue weighted by atomic mass is 19.4. The lowest BCUT2D eigenvalue weighted by molar-refractivity contribution is -0.142. The van der Waals surface area contributed by atoms with Crippen LogP contribution in [0.4, 0.5) is 33.7 Å². The molecule has 0 saturated heterocycles. The van der Waals surface area contributed by atoms with Gasteiger partial charge in [-0.15, -0.1) is 0 Å². The number of carbonyl (C=O) groups is 5. The van der Waals surface area contributed by atoms with Gasteiger partial charge in [0.05, 0.1) is 24.2 Å². The van der Waals surface area contributed by atoms with Crippen molar-refractivity contribution in [2.45, 2.75) is 56.9 Å². The molecule has 3 aromatic rings. The Hall–Kier alpha value is -5.27. The van der Waals surface area contributed by atoms with Crippen molar-refractivity contribution >= 4 is 41.1 Å². The van der Waals surface area contributed by atoms with Crippen molar-refractivity contribution in [3.8, 4) is 0 Å². The number of anilines is 2. The largest absolute Gasteiger partial charge is 0.479 e. The van der Waals surface area contributed by atoms with Gasteiger partial charge in [0.1, 0.15) is 6.54 Å². The van der Waals surface area contributed by atoms with E-state index in [-0.39, 0.29) is 33.8 Å². The van der Waals surface area contributed by atoms with Gasteiger partial charge in [-0.1, -0.05) is 43.5 Å². The molecule has 3 N–H and O–H groups in total. The van der Waals surface area contributed by atoms with Crippen LogP contribution < -0.4 is 15.5 Å². The Balaban J connectivity index is 1.36. The molecule has 48 heavy (non-hydrogen) atoms. The lowest BCUT2D eigenvalue weighted by atomic mass is 9.84. The van der Waals surface area contributed by atoms with Crippen LogP contribution in [-0.2, 0) is 11.3 Å². The predicted molar refractivity (Wildman–Crippen MR) is 167 cm³/mol. The maximum atomic E-state index is 13.7. The highest BCUT2D eigenvalue weighted by Crippen LogP contribution is 2.34. The summed E-state index contributed by atoms with van der Waals surface area (Å²) in [5, 5.41) is 13.6. The number of alkyl halides is 4. The maximum absolute atomic E-state index is 13.7. The van der Waals surface area contributed by atoms with Gasteiger partial charge in [-0.25, -0.2) is 14.0 Å². The molecule has 252 valence electrons. The van der Waals surface area contributed by atoms with E-state index < -0.39 is 55.2 Å². The molecule has 10 nitrogen and oxygen atoms in total. The number of rotatable bonds is 10. The Morgan fingerprint density at radius 2 is 1.54 bits per heavy atom. The van der Waals surface area contributed by atoms with Crippen molar-refractivity contribution in [1.29, 1.82) is 0 Å². The number of nitrogens with one attached hydrogen (secondary N) is 2. The van der Waals surface area contributed by atoms with Gasteiger partial charge in [0, 0.05) is 16.9 Å². The lowest BCUT2D eigenvalue weighted by Gasteiger charge is -2.26. The van der Waals surface area contributed by atoms with Crippen LogP contribution in [0.25, 0.3) is 0 Å². The summed E-state index contributed by atoms with van der Waals surface area (Å²) >= 11 is 0. The molecular weight excluding hydrogens is 636 g/mol. The first-order valence-corrected chi connectivity index (χ1v) is 15.3. The molecule has 0 spiro atoms. The predicted octanol–water partition coefficient (Wildman–Crippen LogP) is 6.28. The van der Waals surface area contributed by atoms with Crippen LogP contribution >= 0.6 is 0 Å². The third-order valence-corrected chi connectivity index (χ3v) is 8.35. The van der Waals surface area contributed by atoms with E-state index in [1.165, 1.54) is 35.6 Å². The second-order valence-electron chi connectivity index (χ2n) is 11.7. The Labute approximate surface area is 272 Å². The number of carboxylic acid groups (broad SMARTS) is 1. The van der Waals surface area contributed by atoms with E-state index in [2.05, 4.69) is 10.6 Å². The topological polar surface area (TPSA) is 136 Å². The van der Waals surface area contributed by atoms with Gasteiger partial charge in [-0.2, -0.15) is 13.2 Å². The number of fused-ring (bicyclic) bond motifs is 1. The third kappa shape index (κ3) is 7.99. The zero-order chi connectivity index (χ0) is 34.6. The molecule has 0 aromatic heterocycles. The summed E-state index contributed by atoms with van der Waals surface area (Å²) in [5.41, 5.74) is 2.01. The second-order valence-corrected chi connectivity index (χ2v) is 11.7. The highest BCUT2D eigenvalue weighted by Gasteiger charge is 2.42. The second kappa shape index (κ2) is 14.2. The van der Waals surface area contributed by atoms with E-state index in [9.17, 15) is 41.5 Å². The number of halogens is 4. The van der Waals surface area contributed by atoms with Crippen molar-refractivity contribution in [2.24, 2.45) is 0 Å². The molecule has 1 unspecified atom stereocenters. The molecule has 14 heteroatoms. The summed E-state index contributed by atoms with van der Waals surface area (Å²) in [4.78, 5) is 63.4. The molecule has 1 aliphatic heterocycles. The zero-order valence-corrected chi connectivity index (χ0v) is 25.6. The number of imide groups is 1. The van der Waals surface area contributed by atoms with Crippen LogP contribution in [-0.4, -0.2) is 65.2 Å². The molecule has 5 rings (SSSR count). The first-order valence-electron chi connectivity index (χ1n) is 15.3. The summed E-state index contributed by atoms with van der Waals surface area (Å²) in [5.74, 6) is -4.15. The van der Waals surface area contributed by atoms with Gasteiger partial charge < -0.3 is 15.7 Å². The molecule has 1 saturated carbocycles. The molecule has 1 heterocycles. The van der Waals surface area contributed by atoms with Crippen LogP contribution in [0.2, 0.25) is 0 Å². The number of benzene rings is 3. The van der Waals surface area contributed by atoms with E-state index in [1.54, 1.807) is 24.3 Å². The van der Waals surface area contributed by atoms with Crippen LogP contribution in [0, 0.1) is 0 Å². The minimum absolute atomic E-state index is 0.00376. The van der Waals surface area contributed by atoms with Crippen molar-refractivity contribution in [2.75, 3.05) is 23.3 Å². The number of aliphatic carboxylic acids is 1. The molecule has 0 bridgehead atoms. The van der Waals surface area contributed by atoms with E-state index >= 15 is 0 Å². The zero-order valence-electron chi connectivity index (χ0n) is 25.6. The minimum Gasteiger partial charge on any atom is -0.479 e. The number of urea groups is 1. The highest BCUT2D eigenvalue weighted by molar-refractivity contribution is 6.22. The Morgan fingerprint density at radius 3 is 2.17 bits per heavy atom. The quantitative estimate of drug-likeness (QED) is 0.172. The molecule has 2 aliphatic rings. The third-order valence-electron chi connectivity index (χ3n) is 8.35. The van der Waals surface area contributed by atoms with Crippen LogP contribution in [0.15, 0.2) is 66.7 Å². The molecule has 3 aromatic carbocycles. The number of amides is 5. The summed E-state index contributed by atoms with van der Waals surface area (Å²) in [6, 6.07) is 16.6. The van der Waals surface area contributed by atoms with Crippen LogP contribution in [0.5, 0.6) is 0 Å². The number of carboxylic acids is 1. The molecular formula is C34H32F4N4O6. The van der Waals surface area contributed by atoms with E-state index in [1.807, 2.05) is 12.1 Å². The number of nitrogens with zero attached hydrogens (tertiary/aromatic N) is 2. The Bertz CT molecular complexity index is 1710. The summed E-state index contributed by atoms with van der Waals surface area (Å²) < 4.78 is 52.3. The number of carbonyl (C=O) groups excluding carboxylic acids is 4. The fraction of sp³-hybridized carbons (Fsp3) is 0.324. The SMILES string of the molecule is O=C(NCC(F)C(=O)O)c1ccc(CN(C(=O)Nc2ccc3c(c2)C(=O)N(CC(F)(F)F)C3=O)c2ccc(C3CCCCC3)cc2)cc1. The van der Waals surface area contributed by atoms with Gasteiger partial charge >= 0.3 is 18.2 Å². The average Bonchev–Trinajstić information content (AvgIpc) is 3.29.